The first-order valence-corrected chi connectivity index (χ1v) is 6.32. The molecule has 0 bridgehead atoms. The molecule has 1 fully saturated rings. The smallest absolute Gasteiger partial charge is 0.0790 e. The van der Waals surface area contributed by atoms with Gasteiger partial charge in [-0.3, -0.25) is 0 Å². The minimum absolute atomic E-state index is 0.495. The zero-order valence-corrected chi connectivity index (χ0v) is 9.26. The summed E-state index contributed by atoms with van der Waals surface area (Å²) >= 11 is 1.99. The van der Waals surface area contributed by atoms with E-state index in [2.05, 4.69) is 47.8 Å². The third kappa shape index (κ3) is 1.75. The van der Waals surface area contributed by atoms with E-state index in [0.29, 0.717) is 5.37 Å². The fraction of sp³-hybridized carbons (Fsp3) is 0.231. The summed E-state index contributed by atoms with van der Waals surface area (Å²) in [7, 11) is 0. The number of rotatable bonds is 1. The van der Waals surface area contributed by atoms with Gasteiger partial charge in [0, 0.05) is 12.3 Å². The molecule has 3 rings (SSSR count). The summed E-state index contributed by atoms with van der Waals surface area (Å²) in [6.45, 7) is 1.13. The zero-order valence-electron chi connectivity index (χ0n) is 8.44. The van der Waals surface area contributed by atoms with Crippen molar-refractivity contribution >= 4 is 22.5 Å². The molecule has 0 radical (unpaired) electrons. The lowest BCUT2D eigenvalue weighted by molar-refractivity contribution is 0.752. The van der Waals surface area contributed by atoms with Gasteiger partial charge in [-0.15, -0.1) is 11.8 Å². The van der Waals surface area contributed by atoms with Gasteiger partial charge in [0.2, 0.25) is 0 Å². The van der Waals surface area contributed by atoms with E-state index in [1.54, 1.807) is 0 Å². The molecule has 1 unspecified atom stereocenters. The maximum Gasteiger partial charge on any atom is 0.0790 e. The summed E-state index contributed by atoms with van der Waals surface area (Å²) in [6.07, 6.45) is 0. The topological polar surface area (TPSA) is 12.0 Å². The molecular weight excluding hydrogens is 202 g/mol. The van der Waals surface area contributed by atoms with Crippen LogP contribution in [0.15, 0.2) is 42.5 Å². The maximum atomic E-state index is 3.50. The Labute approximate surface area is 93.9 Å². The highest BCUT2D eigenvalue weighted by atomic mass is 32.2. The van der Waals surface area contributed by atoms with Crippen LogP contribution in [0.1, 0.15) is 10.9 Å². The largest absolute Gasteiger partial charge is 0.301 e. The van der Waals surface area contributed by atoms with E-state index < -0.39 is 0 Å². The minimum Gasteiger partial charge on any atom is -0.301 e. The predicted octanol–water partition coefficient (Wildman–Crippen LogP) is 3.17. The van der Waals surface area contributed by atoms with Crippen LogP contribution in [-0.2, 0) is 0 Å². The van der Waals surface area contributed by atoms with Crippen LogP contribution in [0.25, 0.3) is 10.8 Å². The molecule has 1 aliphatic rings. The standard InChI is InChI=1S/C13H13NS/c1-2-4-11-9-12(6-5-10(11)3-1)13-14-7-8-15-13/h1-6,9,13-14H,7-8H2. The van der Waals surface area contributed by atoms with Gasteiger partial charge in [0.25, 0.3) is 0 Å². The van der Waals surface area contributed by atoms with Crippen molar-refractivity contribution in [2.45, 2.75) is 5.37 Å². The Morgan fingerprint density at radius 1 is 1.07 bits per heavy atom. The van der Waals surface area contributed by atoms with E-state index in [1.807, 2.05) is 11.8 Å². The van der Waals surface area contributed by atoms with Gasteiger partial charge in [0.05, 0.1) is 5.37 Å². The second-order valence-electron chi connectivity index (χ2n) is 3.81. The first-order valence-electron chi connectivity index (χ1n) is 5.27. The normalized spacial score (nSPS) is 20.9. The molecule has 1 N–H and O–H groups in total. The molecule has 1 heterocycles. The molecule has 2 aromatic carbocycles. The number of benzene rings is 2. The van der Waals surface area contributed by atoms with Crippen LogP contribution in [-0.4, -0.2) is 12.3 Å². The van der Waals surface area contributed by atoms with Crippen molar-refractivity contribution in [3.63, 3.8) is 0 Å². The van der Waals surface area contributed by atoms with Gasteiger partial charge in [-0.25, -0.2) is 0 Å². The van der Waals surface area contributed by atoms with E-state index in [1.165, 1.54) is 22.1 Å². The predicted molar refractivity (Wildman–Crippen MR) is 67.1 cm³/mol. The Balaban J connectivity index is 2.05. The average molecular weight is 215 g/mol. The summed E-state index contributed by atoms with van der Waals surface area (Å²) in [5.41, 5.74) is 1.40. The van der Waals surface area contributed by atoms with Crippen LogP contribution >= 0.6 is 11.8 Å². The van der Waals surface area contributed by atoms with Crippen LogP contribution in [0.2, 0.25) is 0 Å². The van der Waals surface area contributed by atoms with Crippen molar-refractivity contribution in [3.8, 4) is 0 Å². The van der Waals surface area contributed by atoms with Crippen molar-refractivity contribution in [3.05, 3.63) is 48.0 Å². The Bertz CT molecular complexity index is 475. The molecule has 0 aromatic heterocycles. The maximum absolute atomic E-state index is 3.50. The van der Waals surface area contributed by atoms with Crippen LogP contribution in [0.4, 0.5) is 0 Å². The molecule has 15 heavy (non-hydrogen) atoms. The third-order valence-electron chi connectivity index (χ3n) is 2.79. The van der Waals surface area contributed by atoms with Crippen molar-refractivity contribution in [1.29, 1.82) is 0 Å². The monoisotopic (exact) mass is 215 g/mol. The quantitative estimate of drug-likeness (QED) is 0.784. The van der Waals surface area contributed by atoms with Crippen molar-refractivity contribution in [1.82, 2.24) is 5.32 Å². The third-order valence-corrected chi connectivity index (χ3v) is 4.00. The first kappa shape index (κ1) is 9.25. The highest BCUT2D eigenvalue weighted by molar-refractivity contribution is 7.99. The van der Waals surface area contributed by atoms with Gasteiger partial charge >= 0.3 is 0 Å². The fourth-order valence-electron chi connectivity index (χ4n) is 2.01. The Morgan fingerprint density at radius 2 is 1.93 bits per heavy atom. The van der Waals surface area contributed by atoms with E-state index in [9.17, 15) is 0 Å². The summed E-state index contributed by atoms with van der Waals surface area (Å²) in [4.78, 5) is 0. The molecule has 0 amide bonds. The molecule has 1 atom stereocenters. The van der Waals surface area contributed by atoms with Crippen molar-refractivity contribution < 1.29 is 0 Å². The van der Waals surface area contributed by atoms with E-state index in [4.69, 9.17) is 0 Å². The lowest BCUT2D eigenvalue weighted by atomic mass is 10.1. The SMILES string of the molecule is c1ccc2cc(C3NCCS3)ccc2c1. The van der Waals surface area contributed by atoms with Gasteiger partial charge in [-0.05, 0) is 22.4 Å². The van der Waals surface area contributed by atoms with Gasteiger partial charge in [-0.1, -0.05) is 36.4 Å². The molecule has 0 spiro atoms. The number of hydrogen-bond acceptors (Lipinski definition) is 2. The minimum atomic E-state index is 0.495. The first-order chi connectivity index (χ1) is 7.43. The molecule has 0 aliphatic carbocycles. The lowest BCUT2D eigenvalue weighted by Crippen LogP contribution is -2.11. The van der Waals surface area contributed by atoms with Crippen LogP contribution < -0.4 is 5.32 Å². The van der Waals surface area contributed by atoms with Gasteiger partial charge < -0.3 is 5.32 Å². The molecule has 1 nitrogen and oxygen atoms in total. The van der Waals surface area contributed by atoms with Gasteiger partial charge in [0.1, 0.15) is 0 Å². The Morgan fingerprint density at radius 3 is 2.73 bits per heavy atom. The zero-order chi connectivity index (χ0) is 10.1. The second kappa shape index (κ2) is 3.87. The van der Waals surface area contributed by atoms with Crippen molar-refractivity contribution in [2.75, 3.05) is 12.3 Å². The number of fused-ring (bicyclic) bond motifs is 1. The van der Waals surface area contributed by atoms with E-state index in [-0.39, 0.29) is 0 Å². The summed E-state index contributed by atoms with van der Waals surface area (Å²) < 4.78 is 0. The highest BCUT2D eigenvalue weighted by Crippen LogP contribution is 2.31. The summed E-state index contributed by atoms with van der Waals surface area (Å²) in [5, 5.41) is 6.66. The molecule has 0 saturated carbocycles. The molecular formula is C13H13NS. The van der Waals surface area contributed by atoms with Crippen LogP contribution in [0, 0.1) is 0 Å². The highest BCUT2D eigenvalue weighted by Gasteiger charge is 2.16. The summed E-state index contributed by atoms with van der Waals surface area (Å²) in [6, 6.07) is 15.3. The van der Waals surface area contributed by atoms with E-state index >= 15 is 0 Å². The molecule has 2 heteroatoms. The van der Waals surface area contributed by atoms with Crippen LogP contribution in [0.3, 0.4) is 0 Å². The number of hydrogen-bond donors (Lipinski definition) is 1. The number of nitrogens with one attached hydrogen (secondary N) is 1. The van der Waals surface area contributed by atoms with Gasteiger partial charge in [0.15, 0.2) is 0 Å². The lowest BCUT2D eigenvalue weighted by Gasteiger charge is -2.10. The Kier molecular flexibility index (Phi) is 2.39. The average Bonchev–Trinajstić information content (AvgIpc) is 2.82. The van der Waals surface area contributed by atoms with Gasteiger partial charge in [-0.2, -0.15) is 0 Å². The van der Waals surface area contributed by atoms with Crippen LogP contribution in [0.5, 0.6) is 0 Å². The second-order valence-corrected chi connectivity index (χ2v) is 5.02. The molecule has 76 valence electrons. The fourth-order valence-corrected chi connectivity index (χ4v) is 3.06. The molecule has 1 aliphatic heterocycles. The molecule has 2 aromatic rings. The molecule has 1 saturated heterocycles. The number of thioether (sulfide) groups is 1. The van der Waals surface area contributed by atoms with E-state index in [0.717, 1.165) is 6.54 Å². The van der Waals surface area contributed by atoms with Crippen molar-refractivity contribution in [2.24, 2.45) is 0 Å². The Hall–Kier alpha value is -0.990. The summed E-state index contributed by atoms with van der Waals surface area (Å²) in [5.74, 6) is 1.22.